The average molecular weight is 232 g/mol. The van der Waals surface area contributed by atoms with Crippen LogP contribution in [0.5, 0.6) is 0 Å². The molecule has 16 heavy (non-hydrogen) atoms. The van der Waals surface area contributed by atoms with Crippen LogP contribution in [0.1, 0.15) is 13.3 Å². The maximum Gasteiger partial charge on any atom is 0.304 e. The first-order valence-electron chi connectivity index (χ1n) is 5.17. The molecule has 0 aromatic heterocycles. The molecule has 0 heterocycles. The zero-order chi connectivity index (χ0) is 12.6. The van der Waals surface area contributed by atoms with Crippen molar-refractivity contribution in [3.05, 3.63) is 0 Å². The van der Waals surface area contributed by atoms with Gasteiger partial charge in [0.2, 0.25) is 5.91 Å². The standard InChI is InChI=1S/C10H20N2O4/c1-8(10(15)11-5-7-16-3)12(2)6-4-9(13)14/h8H,4-7H2,1-3H3,(H,11,15)(H,13,14). The summed E-state index contributed by atoms with van der Waals surface area (Å²) in [5, 5.41) is 11.2. The molecule has 0 saturated heterocycles. The summed E-state index contributed by atoms with van der Waals surface area (Å²) in [5.74, 6) is -0.983. The number of likely N-dealkylation sites (N-methyl/N-ethyl adjacent to an activating group) is 1. The zero-order valence-electron chi connectivity index (χ0n) is 10.0. The van der Waals surface area contributed by atoms with E-state index in [-0.39, 0.29) is 18.4 Å². The van der Waals surface area contributed by atoms with Crippen LogP contribution < -0.4 is 5.32 Å². The largest absolute Gasteiger partial charge is 0.481 e. The van der Waals surface area contributed by atoms with Crippen molar-refractivity contribution in [2.75, 3.05) is 33.9 Å². The van der Waals surface area contributed by atoms with Crippen molar-refractivity contribution in [2.24, 2.45) is 0 Å². The van der Waals surface area contributed by atoms with Gasteiger partial charge in [0.15, 0.2) is 0 Å². The highest BCUT2D eigenvalue weighted by atomic mass is 16.5. The molecule has 0 aromatic rings. The Labute approximate surface area is 95.6 Å². The van der Waals surface area contributed by atoms with Gasteiger partial charge in [-0.25, -0.2) is 0 Å². The Morgan fingerprint density at radius 2 is 2.12 bits per heavy atom. The number of nitrogens with zero attached hydrogens (tertiary/aromatic N) is 1. The number of aliphatic carboxylic acids is 1. The van der Waals surface area contributed by atoms with Crippen LogP contribution in [0.15, 0.2) is 0 Å². The Balaban J connectivity index is 3.86. The normalized spacial score (nSPS) is 12.5. The number of carboxylic acids is 1. The molecular weight excluding hydrogens is 212 g/mol. The highest BCUT2D eigenvalue weighted by Gasteiger charge is 2.17. The van der Waals surface area contributed by atoms with E-state index in [2.05, 4.69) is 5.32 Å². The van der Waals surface area contributed by atoms with Gasteiger partial charge in [-0.05, 0) is 14.0 Å². The van der Waals surface area contributed by atoms with Crippen molar-refractivity contribution in [2.45, 2.75) is 19.4 Å². The van der Waals surface area contributed by atoms with Crippen LogP contribution in [-0.2, 0) is 14.3 Å². The van der Waals surface area contributed by atoms with E-state index in [4.69, 9.17) is 9.84 Å². The zero-order valence-corrected chi connectivity index (χ0v) is 10.0. The molecule has 0 radical (unpaired) electrons. The topological polar surface area (TPSA) is 78.9 Å². The smallest absolute Gasteiger partial charge is 0.304 e. The Morgan fingerprint density at radius 1 is 1.50 bits per heavy atom. The van der Waals surface area contributed by atoms with E-state index in [0.717, 1.165) is 0 Å². The molecule has 0 bridgehead atoms. The van der Waals surface area contributed by atoms with Crippen molar-refractivity contribution in [3.8, 4) is 0 Å². The summed E-state index contributed by atoms with van der Waals surface area (Å²) < 4.78 is 4.81. The number of amides is 1. The molecule has 0 fully saturated rings. The fourth-order valence-corrected chi connectivity index (χ4v) is 1.09. The summed E-state index contributed by atoms with van der Waals surface area (Å²) in [6.45, 7) is 3.03. The number of methoxy groups -OCH3 is 1. The average Bonchev–Trinajstić information content (AvgIpc) is 2.24. The predicted octanol–water partition coefficient (Wildman–Crippen LogP) is -0.456. The summed E-state index contributed by atoms with van der Waals surface area (Å²) in [4.78, 5) is 23.6. The Kier molecular flexibility index (Phi) is 7.49. The molecule has 0 aliphatic carbocycles. The van der Waals surface area contributed by atoms with E-state index >= 15 is 0 Å². The number of nitrogens with one attached hydrogen (secondary N) is 1. The highest BCUT2D eigenvalue weighted by molar-refractivity contribution is 5.81. The monoisotopic (exact) mass is 232 g/mol. The minimum atomic E-state index is -0.862. The van der Waals surface area contributed by atoms with Crippen LogP contribution in [0.2, 0.25) is 0 Å². The number of carbonyl (C=O) groups is 2. The van der Waals surface area contributed by atoms with E-state index in [1.165, 1.54) is 0 Å². The molecule has 94 valence electrons. The molecule has 0 aliphatic heterocycles. The second-order valence-corrected chi connectivity index (χ2v) is 3.58. The molecule has 2 N–H and O–H groups in total. The summed E-state index contributed by atoms with van der Waals surface area (Å²) in [5.41, 5.74) is 0. The van der Waals surface area contributed by atoms with E-state index in [0.29, 0.717) is 19.7 Å². The van der Waals surface area contributed by atoms with E-state index < -0.39 is 5.97 Å². The first-order valence-corrected chi connectivity index (χ1v) is 5.17. The van der Waals surface area contributed by atoms with Crippen LogP contribution in [0.4, 0.5) is 0 Å². The molecular formula is C10H20N2O4. The van der Waals surface area contributed by atoms with Crippen LogP contribution >= 0.6 is 0 Å². The lowest BCUT2D eigenvalue weighted by atomic mass is 10.2. The minimum absolute atomic E-state index is 0.0339. The highest BCUT2D eigenvalue weighted by Crippen LogP contribution is 1.97. The number of carboxylic acid groups (broad SMARTS) is 1. The molecule has 1 atom stereocenters. The molecule has 0 rings (SSSR count). The van der Waals surface area contributed by atoms with Gasteiger partial charge in [0.25, 0.3) is 0 Å². The maximum absolute atomic E-state index is 11.5. The fraction of sp³-hybridized carbons (Fsp3) is 0.800. The number of ether oxygens (including phenoxy) is 1. The molecule has 6 nitrogen and oxygen atoms in total. The van der Waals surface area contributed by atoms with E-state index in [1.54, 1.807) is 26.0 Å². The predicted molar refractivity (Wildman–Crippen MR) is 59.2 cm³/mol. The molecule has 0 saturated carbocycles. The first-order chi connectivity index (χ1) is 7.49. The van der Waals surface area contributed by atoms with Gasteiger partial charge >= 0.3 is 5.97 Å². The second-order valence-electron chi connectivity index (χ2n) is 3.58. The lowest BCUT2D eigenvalue weighted by Gasteiger charge is -2.22. The third-order valence-corrected chi connectivity index (χ3v) is 2.32. The number of carbonyl (C=O) groups excluding carboxylic acids is 1. The van der Waals surface area contributed by atoms with Gasteiger partial charge < -0.3 is 15.2 Å². The molecule has 6 heteroatoms. The lowest BCUT2D eigenvalue weighted by molar-refractivity contribution is -0.138. The van der Waals surface area contributed by atoms with Gasteiger partial charge in [-0.15, -0.1) is 0 Å². The van der Waals surface area contributed by atoms with E-state index in [9.17, 15) is 9.59 Å². The van der Waals surface area contributed by atoms with Crippen LogP contribution in [0, 0.1) is 0 Å². The maximum atomic E-state index is 11.5. The lowest BCUT2D eigenvalue weighted by Crippen LogP contribution is -2.44. The van der Waals surface area contributed by atoms with Crippen molar-refractivity contribution in [3.63, 3.8) is 0 Å². The second kappa shape index (κ2) is 8.06. The molecule has 1 unspecified atom stereocenters. The van der Waals surface area contributed by atoms with Gasteiger partial charge in [0.1, 0.15) is 0 Å². The van der Waals surface area contributed by atoms with Crippen molar-refractivity contribution in [1.82, 2.24) is 10.2 Å². The SMILES string of the molecule is COCCNC(=O)C(C)N(C)CCC(=O)O. The number of hydrogen-bond donors (Lipinski definition) is 2. The summed E-state index contributed by atoms with van der Waals surface area (Å²) >= 11 is 0. The van der Waals surface area contributed by atoms with Crippen molar-refractivity contribution >= 4 is 11.9 Å². The van der Waals surface area contributed by atoms with Gasteiger partial charge in [0, 0.05) is 20.2 Å². The van der Waals surface area contributed by atoms with Gasteiger partial charge in [-0.1, -0.05) is 0 Å². The molecule has 0 spiro atoms. The van der Waals surface area contributed by atoms with Gasteiger partial charge in [0.05, 0.1) is 19.1 Å². The Morgan fingerprint density at radius 3 is 2.62 bits per heavy atom. The van der Waals surface area contributed by atoms with Gasteiger partial charge in [-0.3, -0.25) is 14.5 Å². The van der Waals surface area contributed by atoms with Crippen LogP contribution in [0.3, 0.4) is 0 Å². The van der Waals surface area contributed by atoms with Gasteiger partial charge in [-0.2, -0.15) is 0 Å². The van der Waals surface area contributed by atoms with E-state index in [1.807, 2.05) is 0 Å². The molecule has 0 aromatic carbocycles. The summed E-state index contributed by atoms with van der Waals surface area (Å²) in [7, 11) is 3.29. The fourth-order valence-electron chi connectivity index (χ4n) is 1.09. The summed E-state index contributed by atoms with van der Waals surface area (Å²) in [6, 6.07) is -0.337. The Bertz CT molecular complexity index is 233. The number of hydrogen-bond acceptors (Lipinski definition) is 4. The molecule has 1 amide bonds. The summed E-state index contributed by atoms with van der Waals surface area (Å²) in [6.07, 6.45) is 0.0339. The minimum Gasteiger partial charge on any atom is -0.481 e. The Hall–Kier alpha value is -1.14. The third-order valence-electron chi connectivity index (χ3n) is 2.32. The molecule has 0 aliphatic rings. The van der Waals surface area contributed by atoms with Crippen LogP contribution in [0.25, 0.3) is 0 Å². The van der Waals surface area contributed by atoms with Crippen molar-refractivity contribution < 1.29 is 19.4 Å². The van der Waals surface area contributed by atoms with Crippen LogP contribution in [-0.4, -0.2) is 61.8 Å². The third kappa shape index (κ3) is 6.36. The quantitative estimate of drug-likeness (QED) is 0.554. The van der Waals surface area contributed by atoms with Crippen molar-refractivity contribution in [1.29, 1.82) is 0 Å². The number of rotatable bonds is 8. The first kappa shape index (κ1) is 14.9.